The summed E-state index contributed by atoms with van der Waals surface area (Å²) in [5.74, 6) is 1.40. The highest BCUT2D eigenvalue weighted by Gasteiger charge is 2.29. The molecular weight excluding hydrogens is 570 g/mol. The minimum absolute atomic E-state index is 0.278. The van der Waals surface area contributed by atoms with Crippen molar-refractivity contribution in [2.75, 3.05) is 20.1 Å². The van der Waals surface area contributed by atoms with Crippen molar-refractivity contribution in [3.8, 4) is 22.8 Å². The van der Waals surface area contributed by atoms with E-state index in [0.29, 0.717) is 12.4 Å². The van der Waals surface area contributed by atoms with Crippen LogP contribution in [-0.2, 0) is 0 Å². The molecule has 0 saturated carbocycles. The van der Waals surface area contributed by atoms with E-state index in [2.05, 4.69) is 56.7 Å². The van der Waals surface area contributed by atoms with Gasteiger partial charge in [-0.2, -0.15) is 0 Å². The molecule has 0 spiro atoms. The largest absolute Gasteiger partial charge is 0.380 e. The summed E-state index contributed by atoms with van der Waals surface area (Å²) < 4.78 is 0. The zero-order valence-electron chi connectivity index (χ0n) is 26.4. The average molecular weight is 606 g/mol. The third-order valence-electron chi connectivity index (χ3n) is 8.21. The number of pyridine rings is 4. The zero-order chi connectivity index (χ0) is 31.6. The highest BCUT2D eigenvalue weighted by atomic mass is 15.3. The standard InChI is InChI=1S/C37H35N9/c1-23-5-11-29(38-17-23)32-14-8-26(20-41-32)35-44-36(27-9-15-33(42-21-27)30-12-6-24(2)18-39-30)46(4)37(45-35)28-10-16-34(43-22-28)31-13-7-25(3)19-40-31/h5-18,20-21,37,40,43H,19,22H2,1-4H3. The fourth-order valence-electron chi connectivity index (χ4n) is 5.49. The number of dihydropyridines is 2. The Bertz CT molecular complexity index is 1950. The van der Waals surface area contributed by atoms with Gasteiger partial charge in [-0.15, -0.1) is 0 Å². The second-order valence-corrected chi connectivity index (χ2v) is 11.8. The van der Waals surface area contributed by atoms with Gasteiger partial charge in [-0.05, 0) is 86.0 Å². The molecule has 3 aliphatic rings. The molecule has 9 nitrogen and oxygen atoms in total. The first-order valence-electron chi connectivity index (χ1n) is 15.4. The van der Waals surface area contributed by atoms with E-state index in [1.165, 1.54) is 5.57 Å². The molecule has 7 rings (SSSR count). The number of rotatable bonds is 6. The van der Waals surface area contributed by atoms with Gasteiger partial charge in [-0.25, -0.2) is 9.98 Å². The van der Waals surface area contributed by atoms with Gasteiger partial charge in [0, 0.05) is 56.1 Å². The molecule has 1 atom stereocenters. The first kappa shape index (κ1) is 29.0. The Morgan fingerprint density at radius 1 is 0.609 bits per heavy atom. The number of likely N-dealkylation sites (N-methyl/N-ethyl adjacent to an activating group) is 1. The van der Waals surface area contributed by atoms with Crippen molar-refractivity contribution in [1.29, 1.82) is 0 Å². The van der Waals surface area contributed by atoms with Crippen LogP contribution in [0, 0.1) is 13.8 Å². The van der Waals surface area contributed by atoms with E-state index >= 15 is 0 Å². The molecule has 0 saturated heterocycles. The smallest absolute Gasteiger partial charge is 0.160 e. The number of hydrogen-bond acceptors (Lipinski definition) is 9. The molecule has 0 aromatic carbocycles. The van der Waals surface area contributed by atoms with E-state index in [-0.39, 0.29) is 6.17 Å². The summed E-state index contributed by atoms with van der Waals surface area (Å²) in [7, 11) is 2.03. The van der Waals surface area contributed by atoms with E-state index in [4.69, 9.17) is 20.0 Å². The molecule has 0 amide bonds. The lowest BCUT2D eigenvalue weighted by Gasteiger charge is -2.35. The van der Waals surface area contributed by atoms with Crippen LogP contribution in [-0.4, -0.2) is 62.8 Å². The maximum atomic E-state index is 5.16. The number of aromatic nitrogens is 4. The summed E-state index contributed by atoms with van der Waals surface area (Å²) in [6.45, 7) is 7.67. The quantitative estimate of drug-likeness (QED) is 0.298. The molecule has 0 radical (unpaired) electrons. The van der Waals surface area contributed by atoms with Gasteiger partial charge in [0.1, 0.15) is 12.0 Å². The lowest BCUT2D eigenvalue weighted by molar-refractivity contribution is 0.408. The number of hydrogen-bond donors (Lipinski definition) is 2. The summed E-state index contributed by atoms with van der Waals surface area (Å²) in [4.78, 5) is 30.9. The van der Waals surface area contributed by atoms with E-state index in [1.807, 2.05) is 94.2 Å². The summed E-state index contributed by atoms with van der Waals surface area (Å²) in [5, 5.41) is 7.09. The van der Waals surface area contributed by atoms with Crippen LogP contribution in [0.15, 0.2) is 130 Å². The number of nitrogens with one attached hydrogen (secondary N) is 2. The van der Waals surface area contributed by atoms with Gasteiger partial charge < -0.3 is 15.5 Å². The summed E-state index contributed by atoms with van der Waals surface area (Å²) in [6.07, 6.45) is 15.7. The predicted octanol–water partition coefficient (Wildman–Crippen LogP) is 5.53. The minimum atomic E-state index is -0.278. The number of aryl methyl sites for hydroxylation is 2. The number of nitrogens with zero attached hydrogens (tertiary/aromatic N) is 7. The van der Waals surface area contributed by atoms with Crippen LogP contribution in [0.25, 0.3) is 22.8 Å². The van der Waals surface area contributed by atoms with Gasteiger partial charge in [0.15, 0.2) is 5.84 Å². The van der Waals surface area contributed by atoms with Gasteiger partial charge in [0.25, 0.3) is 0 Å². The van der Waals surface area contributed by atoms with Crippen molar-refractivity contribution in [3.63, 3.8) is 0 Å². The molecule has 0 fully saturated rings. The van der Waals surface area contributed by atoms with Crippen LogP contribution in [0.3, 0.4) is 0 Å². The van der Waals surface area contributed by atoms with Gasteiger partial charge >= 0.3 is 0 Å². The maximum absolute atomic E-state index is 5.16. The summed E-state index contributed by atoms with van der Waals surface area (Å²) in [5.41, 5.74) is 11.8. The van der Waals surface area contributed by atoms with Crippen LogP contribution in [0.1, 0.15) is 29.2 Å². The number of aliphatic imine (C=N–C) groups is 2. The Labute approximate surface area is 269 Å². The van der Waals surface area contributed by atoms with Gasteiger partial charge in [-0.3, -0.25) is 19.9 Å². The number of allylic oxidation sites excluding steroid dienone is 4. The Morgan fingerprint density at radius 3 is 1.63 bits per heavy atom. The second kappa shape index (κ2) is 12.4. The molecule has 3 aliphatic heterocycles. The van der Waals surface area contributed by atoms with Crippen molar-refractivity contribution in [1.82, 2.24) is 35.5 Å². The van der Waals surface area contributed by atoms with Crippen molar-refractivity contribution < 1.29 is 0 Å². The Morgan fingerprint density at radius 2 is 1.15 bits per heavy atom. The third-order valence-corrected chi connectivity index (χ3v) is 8.21. The molecule has 2 N–H and O–H groups in total. The molecule has 0 aliphatic carbocycles. The summed E-state index contributed by atoms with van der Waals surface area (Å²) >= 11 is 0. The maximum Gasteiger partial charge on any atom is 0.160 e. The van der Waals surface area contributed by atoms with Crippen LogP contribution in [0.4, 0.5) is 0 Å². The average Bonchev–Trinajstić information content (AvgIpc) is 3.10. The van der Waals surface area contributed by atoms with Crippen LogP contribution >= 0.6 is 0 Å². The molecular formula is C37H35N9. The summed E-state index contributed by atoms with van der Waals surface area (Å²) in [6, 6.07) is 16.1. The van der Waals surface area contributed by atoms with E-state index in [0.717, 1.165) is 74.4 Å². The van der Waals surface area contributed by atoms with E-state index in [9.17, 15) is 0 Å². The van der Waals surface area contributed by atoms with Gasteiger partial charge in [0.05, 0.1) is 34.2 Å². The molecule has 4 aromatic heterocycles. The normalized spacial score (nSPS) is 17.8. The molecule has 7 heterocycles. The fourth-order valence-corrected chi connectivity index (χ4v) is 5.49. The lowest BCUT2D eigenvalue weighted by atomic mass is 10.0. The van der Waals surface area contributed by atoms with Gasteiger partial charge in [-0.1, -0.05) is 29.9 Å². The van der Waals surface area contributed by atoms with Crippen molar-refractivity contribution >= 4 is 11.7 Å². The van der Waals surface area contributed by atoms with E-state index < -0.39 is 0 Å². The van der Waals surface area contributed by atoms with Gasteiger partial charge in [0.2, 0.25) is 0 Å². The zero-order valence-corrected chi connectivity index (χ0v) is 26.4. The lowest BCUT2D eigenvalue weighted by Crippen LogP contribution is -2.44. The Kier molecular flexibility index (Phi) is 7.80. The molecule has 0 bridgehead atoms. The number of amidine groups is 2. The monoisotopic (exact) mass is 605 g/mol. The fraction of sp³-hybridized carbons (Fsp3) is 0.189. The molecule has 9 heteroatoms. The molecule has 228 valence electrons. The van der Waals surface area contributed by atoms with Crippen LogP contribution in [0.5, 0.6) is 0 Å². The van der Waals surface area contributed by atoms with Crippen LogP contribution < -0.4 is 10.6 Å². The SMILES string of the molecule is CC1=CC=C(C2=CC=C(C3N=C(c4ccc(-c5ccc(C)cn5)nc4)N=C(c4ccc(-c5ccc(C)cn5)nc4)N3C)CN2)NC1. The first-order chi connectivity index (χ1) is 22.4. The van der Waals surface area contributed by atoms with Crippen LogP contribution in [0.2, 0.25) is 0 Å². The topological polar surface area (TPSA) is 104 Å². The Hall–Kier alpha value is -5.70. The highest BCUT2D eigenvalue weighted by Crippen LogP contribution is 2.26. The second-order valence-electron chi connectivity index (χ2n) is 11.8. The van der Waals surface area contributed by atoms with Crippen molar-refractivity contribution in [2.45, 2.75) is 26.9 Å². The predicted molar refractivity (Wildman–Crippen MR) is 183 cm³/mol. The molecule has 46 heavy (non-hydrogen) atoms. The first-order valence-corrected chi connectivity index (χ1v) is 15.4. The van der Waals surface area contributed by atoms with E-state index in [1.54, 1.807) is 0 Å². The Balaban J connectivity index is 1.23. The molecule has 4 aromatic rings. The highest BCUT2D eigenvalue weighted by molar-refractivity contribution is 6.13. The van der Waals surface area contributed by atoms with Crippen molar-refractivity contribution in [3.05, 3.63) is 142 Å². The van der Waals surface area contributed by atoms with Crippen molar-refractivity contribution in [2.24, 2.45) is 9.98 Å². The molecule has 1 unspecified atom stereocenters. The minimum Gasteiger partial charge on any atom is -0.380 e. The third kappa shape index (κ3) is 5.99.